The Balaban J connectivity index is 2.81. The van der Waals surface area contributed by atoms with Gasteiger partial charge in [0.05, 0.1) is 25.3 Å². The maximum atomic E-state index is 11.8. The van der Waals surface area contributed by atoms with Crippen molar-refractivity contribution in [1.82, 2.24) is 5.32 Å². The third-order valence-corrected chi connectivity index (χ3v) is 2.23. The highest BCUT2D eigenvalue weighted by atomic mass is 16.5. The van der Waals surface area contributed by atoms with Crippen LogP contribution in [0.5, 0.6) is 0 Å². The molecule has 6 nitrogen and oxygen atoms in total. The van der Waals surface area contributed by atoms with E-state index in [4.69, 9.17) is 10.4 Å². The number of aliphatic hydroxyl groups excluding tert-OH is 1. The smallest absolute Gasteiger partial charge is 0.330 e. The summed E-state index contributed by atoms with van der Waals surface area (Å²) in [5.41, 5.74) is 0.567. The van der Waals surface area contributed by atoms with Crippen LogP contribution < -0.4 is 5.32 Å². The first-order valence-corrected chi connectivity index (χ1v) is 5.12. The second-order valence-corrected chi connectivity index (χ2v) is 3.42. The molecule has 1 atom stereocenters. The Bertz CT molecular complexity index is 493. The Morgan fingerprint density at radius 3 is 2.83 bits per heavy atom. The van der Waals surface area contributed by atoms with E-state index >= 15 is 0 Å². The number of nitrogens with one attached hydrogen (secondary N) is 1. The zero-order chi connectivity index (χ0) is 13.5. The summed E-state index contributed by atoms with van der Waals surface area (Å²) in [6, 6.07) is 6.79. The zero-order valence-electron chi connectivity index (χ0n) is 9.71. The number of hydrogen-bond donors (Lipinski definition) is 2. The summed E-state index contributed by atoms with van der Waals surface area (Å²) < 4.78 is 4.42. The summed E-state index contributed by atoms with van der Waals surface area (Å²) in [6.45, 7) is -0.559. The maximum absolute atomic E-state index is 11.8. The minimum absolute atomic E-state index is 0.233. The topological polar surface area (TPSA) is 99.4 Å². The van der Waals surface area contributed by atoms with Gasteiger partial charge in [0.15, 0.2) is 6.04 Å². The number of rotatable bonds is 4. The van der Waals surface area contributed by atoms with Crippen LogP contribution in [0, 0.1) is 11.3 Å². The van der Waals surface area contributed by atoms with Crippen molar-refractivity contribution in [3.63, 3.8) is 0 Å². The maximum Gasteiger partial charge on any atom is 0.330 e. The molecule has 0 bridgehead atoms. The first-order valence-electron chi connectivity index (χ1n) is 5.12. The number of hydrogen-bond acceptors (Lipinski definition) is 5. The number of nitrogens with zero attached hydrogens (tertiary/aromatic N) is 1. The standard InChI is InChI=1S/C12H12N2O4/c1-18-12(17)10(7-15)14-11(16)9-4-2-3-8(5-9)6-13/h2-5,10,15H,7H2,1H3,(H,14,16). The van der Waals surface area contributed by atoms with Crippen LogP contribution in [-0.2, 0) is 9.53 Å². The lowest BCUT2D eigenvalue weighted by atomic mass is 10.1. The van der Waals surface area contributed by atoms with E-state index in [1.807, 2.05) is 6.07 Å². The summed E-state index contributed by atoms with van der Waals surface area (Å²) >= 11 is 0. The third-order valence-electron chi connectivity index (χ3n) is 2.23. The van der Waals surface area contributed by atoms with E-state index in [1.165, 1.54) is 12.1 Å². The second kappa shape index (κ2) is 6.37. The number of ether oxygens (including phenoxy) is 1. The molecule has 1 unspecified atom stereocenters. The predicted octanol–water partition coefficient (Wildman–Crippen LogP) is -0.178. The van der Waals surface area contributed by atoms with E-state index in [1.54, 1.807) is 12.1 Å². The lowest BCUT2D eigenvalue weighted by Gasteiger charge is -2.13. The number of methoxy groups -OCH3 is 1. The van der Waals surface area contributed by atoms with Gasteiger partial charge in [-0.2, -0.15) is 5.26 Å². The number of carbonyl (C=O) groups is 2. The van der Waals surface area contributed by atoms with Crippen LogP contribution in [0.1, 0.15) is 15.9 Å². The molecule has 1 rings (SSSR count). The molecule has 18 heavy (non-hydrogen) atoms. The largest absolute Gasteiger partial charge is 0.467 e. The van der Waals surface area contributed by atoms with E-state index in [-0.39, 0.29) is 5.56 Å². The molecule has 0 aliphatic heterocycles. The van der Waals surface area contributed by atoms with Gasteiger partial charge in [-0.3, -0.25) is 4.79 Å². The lowest BCUT2D eigenvalue weighted by Crippen LogP contribution is -2.44. The number of nitriles is 1. The lowest BCUT2D eigenvalue weighted by molar-refractivity contribution is -0.143. The van der Waals surface area contributed by atoms with Crippen molar-refractivity contribution in [2.45, 2.75) is 6.04 Å². The van der Waals surface area contributed by atoms with Gasteiger partial charge in [-0.1, -0.05) is 6.07 Å². The molecule has 1 aromatic carbocycles. The van der Waals surface area contributed by atoms with Gasteiger partial charge in [0, 0.05) is 5.56 Å². The van der Waals surface area contributed by atoms with E-state index < -0.39 is 24.5 Å². The van der Waals surface area contributed by atoms with Gasteiger partial charge in [0.2, 0.25) is 0 Å². The molecule has 0 spiro atoms. The SMILES string of the molecule is COC(=O)C(CO)NC(=O)c1cccc(C#N)c1. The Labute approximate surface area is 104 Å². The van der Waals surface area contributed by atoms with Gasteiger partial charge >= 0.3 is 5.97 Å². The Hall–Kier alpha value is -2.39. The minimum atomic E-state index is -1.12. The zero-order valence-corrected chi connectivity index (χ0v) is 9.71. The van der Waals surface area contributed by atoms with Crippen molar-refractivity contribution >= 4 is 11.9 Å². The summed E-state index contributed by atoms with van der Waals surface area (Å²) in [5.74, 6) is -1.29. The summed E-state index contributed by atoms with van der Waals surface area (Å²) in [5, 5.41) is 20.0. The molecule has 0 radical (unpaired) electrons. The molecule has 0 heterocycles. The minimum Gasteiger partial charge on any atom is -0.467 e. The molecule has 1 aromatic rings. The van der Waals surface area contributed by atoms with Crippen LogP contribution >= 0.6 is 0 Å². The number of amides is 1. The first-order chi connectivity index (χ1) is 8.62. The van der Waals surface area contributed by atoms with Gasteiger partial charge in [0.25, 0.3) is 5.91 Å². The number of esters is 1. The molecule has 0 aliphatic carbocycles. The molecule has 0 aromatic heterocycles. The first kappa shape index (κ1) is 13.7. The molecule has 1 amide bonds. The molecule has 0 saturated carbocycles. The van der Waals surface area contributed by atoms with E-state index in [9.17, 15) is 9.59 Å². The van der Waals surface area contributed by atoms with Crippen LogP contribution in [0.15, 0.2) is 24.3 Å². The van der Waals surface area contributed by atoms with Crippen molar-refractivity contribution in [2.24, 2.45) is 0 Å². The number of aliphatic hydroxyl groups is 1. The van der Waals surface area contributed by atoms with Gasteiger partial charge in [-0.15, -0.1) is 0 Å². The van der Waals surface area contributed by atoms with Gasteiger partial charge in [-0.05, 0) is 18.2 Å². The summed E-state index contributed by atoms with van der Waals surface area (Å²) in [7, 11) is 1.16. The molecule has 0 fully saturated rings. The van der Waals surface area contributed by atoms with E-state index in [2.05, 4.69) is 10.1 Å². The highest BCUT2D eigenvalue weighted by molar-refractivity contribution is 5.97. The number of benzene rings is 1. The van der Waals surface area contributed by atoms with Crippen molar-refractivity contribution in [1.29, 1.82) is 5.26 Å². The Morgan fingerprint density at radius 2 is 2.28 bits per heavy atom. The fourth-order valence-electron chi connectivity index (χ4n) is 1.29. The fraction of sp³-hybridized carbons (Fsp3) is 0.250. The molecular weight excluding hydrogens is 236 g/mol. The van der Waals surface area contributed by atoms with Crippen LogP contribution in [0.3, 0.4) is 0 Å². The van der Waals surface area contributed by atoms with Crippen molar-refractivity contribution < 1.29 is 19.4 Å². The molecular formula is C12H12N2O4. The van der Waals surface area contributed by atoms with Gasteiger partial charge in [0.1, 0.15) is 0 Å². The van der Waals surface area contributed by atoms with E-state index in [0.29, 0.717) is 5.56 Å². The van der Waals surface area contributed by atoms with E-state index in [0.717, 1.165) is 7.11 Å². The monoisotopic (exact) mass is 248 g/mol. The summed E-state index contributed by atoms with van der Waals surface area (Å²) in [4.78, 5) is 22.9. The Morgan fingerprint density at radius 1 is 1.56 bits per heavy atom. The second-order valence-electron chi connectivity index (χ2n) is 3.42. The Kier molecular flexibility index (Phi) is 4.84. The van der Waals surface area contributed by atoms with Gasteiger partial charge < -0.3 is 15.2 Å². The average molecular weight is 248 g/mol. The number of carbonyl (C=O) groups excluding carboxylic acids is 2. The third kappa shape index (κ3) is 3.30. The van der Waals surface area contributed by atoms with Crippen LogP contribution in [0.25, 0.3) is 0 Å². The quantitative estimate of drug-likeness (QED) is 0.720. The highest BCUT2D eigenvalue weighted by Gasteiger charge is 2.21. The molecule has 0 saturated heterocycles. The van der Waals surface area contributed by atoms with Gasteiger partial charge in [-0.25, -0.2) is 4.79 Å². The molecule has 2 N–H and O–H groups in total. The predicted molar refractivity (Wildman–Crippen MR) is 61.5 cm³/mol. The molecule has 6 heteroatoms. The van der Waals surface area contributed by atoms with Crippen molar-refractivity contribution in [2.75, 3.05) is 13.7 Å². The highest BCUT2D eigenvalue weighted by Crippen LogP contribution is 2.04. The van der Waals surface area contributed by atoms with Crippen molar-refractivity contribution in [3.05, 3.63) is 35.4 Å². The molecule has 0 aliphatic rings. The van der Waals surface area contributed by atoms with Crippen LogP contribution in [0.2, 0.25) is 0 Å². The molecule has 94 valence electrons. The average Bonchev–Trinajstić information content (AvgIpc) is 2.43. The van der Waals surface area contributed by atoms with Crippen molar-refractivity contribution in [3.8, 4) is 6.07 Å². The van der Waals surface area contributed by atoms with Crippen LogP contribution in [0.4, 0.5) is 0 Å². The fourth-order valence-corrected chi connectivity index (χ4v) is 1.29. The normalized spacial score (nSPS) is 11.2. The summed E-state index contributed by atoms with van der Waals surface area (Å²) in [6.07, 6.45) is 0. The van der Waals surface area contributed by atoms with Crippen LogP contribution in [-0.4, -0.2) is 36.7 Å².